The second kappa shape index (κ2) is 5.56. The van der Waals surface area contributed by atoms with Gasteiger partial charge >= 0.3 is 5.69 Å². The molecule has 4 N–H and O–H groups in total. The van der Waals surface area contributed by atoms with Gasteiger partial charge in [-0.2, -0.15) is 4.98 Å². The van der Waals surface area contributed by atoms with Crippen molar-refractivity contribution in [2.24, 2.45) is 5.84 Å². The molecule has 0 aromatic carbocycles. The van der Waals surface area contributed by atoms with E-state index in [0.717, 1.165) is 0 Å². The van der Waals surface area contributed by atoms with Crippen LogP contribution in [0.1, 0.15) is 12.6 Å². The third-order valence-corrected chi connectivity index (χ3v) is 2.25. The highest BCUT2D eigenvalue weighted by Crippen LogP contribution is 2.28. The van der Waals surface area contributed by atoms with Crippen molar-refractivity contribution in [2.75, 3.05) is 23.9 Å². The second-order valence-electron chi connectivity index (χ2n) is 3.94. The van der Waals surface area contributed by atoms with Gasteiger partial charge in [-0.15, -0.1) is 0 Å². The summed E-state index contributed by atoms with van der Waals surface area (Å²) in [6.45, 7) is 3.29. The van der Waals surface area contributed by atoms with Crippen LogP contribution in [0.5, 0.6) is 0 Å². The van der Waals surface area contributed by atoms with Crippen LogP contribution in [0.3, 0.4) is 0 Å². The Hall–Kier alpha value is -2.00. The van der Waals surface area contributed by atoms with Crippen molar-refractivity contribution in [3.05, 3.63) is 15.8 Å². The number of nitrogens with zero attached hydrogens (tertiary/aromatic N) is 4. The molecular formula is C9H16N6O3. The van der Waals surface area contributed by atoms with Crippen molar-refractivity contribution in [1.29, 1.82) is 0 Å². The molecule has 1 aromatic rings. The smallest absolute Gasteiger partial charge is 0.332 e. The lowest BCUT2D eigenvalue weighted by Crippen LogP contribution is -2.29. The summed E-state index contributed by atoms with van der Waals surface area (Å²) in [7, 11) is 1.60. The number of nitrogens with two attached hydrogens (primary N) is 1. The van der Waals surface area contributed by atoms with Crippen LogP contribution >= 0.6 is 0 Å². The lowest BCUT2D eigenvalue weighted by Gasteiger charge is -2.20. The summed E-state index contributed by atoms with van der Waals surface area (Å²) in [6.07, 6.45) is -0.640. The molecule has 1 aromatic heterocycles. The largest absolute Gasteiger partial charge is 0.392 e. The lowest BCUT2D eigenvalue weighted by molar-refractivity contribution is -0.385. The molecule has 100 valence electrons. The van der Waals surface area contributed by atoms with E-state index in [1.54, 1.807) is 14.0 Å². The first-order chi connectivity index (χ1) is 8.36. The fraction of sp³-hybridized carbons (Fsp3) is 0.556. The maximum absolute atomic E-state index is 11.0. The first-order valence-electron chi connectivity index (χ1n) is 5.25. The number of nitrogens with one attached hydrogen (secondary N) is 1. The zero-order valence-electron chi connectivity index (χ0n) is 10.4. The minimum absolute atomic E-state index is 0.0885. The highest BCUT2D eigenvalue weighted by atomic mass is 16.6. The van der Waals surface area contributed by atoms with Crippen LogP contribution in [-0.4, -0.2) is 39.7 Å². The number of hydrazine groups is 1. The monoisotopic (exact) mass is 256 g/mol. The minimum Gasteiger partial charge on any atom is -0.392 e. The Morgan fingerprint density at radius 1 is 1.61 bits per heavy atom. The number of likely N-dealkylation sites (N-methyl/N-ethyl adjacent to an activating group) is 1. The van der Waals surface area contributed by atoms with E-state index >= 15 is 0 Å². The molecule has 0 aliphatic carbocycles. The first-order valence-corrected chi connectivity index (χ1v) is 5.25. The summed E-state index contributed by atoms with van der Waals surface area (Å²) < 4.78 is 0. The average Bonchev–Trinajstić information content (AvgIpc) is 2.26. The maximum atomic E-state index is 11.0. The summed E-state index contributed by atoms with van der Waals surface area (Å²) in [5.41, 5.74) is 2.26. The second-order valence-corrected chi connectivity index (χ2v) is 3.94. The van der Waals surface area contributed by atoms with Gasteiger partial charge in [0, 0.05) is 13.6 Å². The highest BCUT2D eigenvalue weighted by molar-refractivity contribution is 5.62. The third kappa shape index (κ3) is 3.02. The van der Waals surface area contributed by atoms with Gasteiger partial charge in [-0.25, -0.2) is 10.8 Å². The standard InChI is InChI=1S/C9H16N6O3/c1-5(16)4-14(3)8-7(15(17)18)6(2)11-9(12-8)13-10/h5,16H,4,10H2,1-3H3,(H,11,12,13). The fourth-order valence-corrected chi connectivity index (χ4v) is 1.58. The van der Waals surface area contributed by atoms with Crippen LogP contribution in [0.25, 0.3) is 0 Å². The Balaban J connectivity index is 3.29. The van der Waals surface area contributed by atoms with E-state index in [-0.39, 0.29) is 29.7 Å². The molecular weight excluding hydrogens is 240 g/mol. The van der Waals surface area contributed by atoms with E-state index in [2.05, 4.69) is 15.4 Å². The predicted molar refractivity (Wildman–Crippen MR) is 66.2 cm³/mol. The molecule has 0 fully saturated rings. The van der Waals surface area contributed by atoms with E-state index in [1.165, 1.54) is 11.8 Å². The van der Waals surface area contributed by atoms with Crippen LogP contribution in [0.2, 0.25) is 0 Å². The van der Waals surface area contributed by atoms with Gasteiger partial charge in [0.15, 0.2) is 0 Å². The minimum atomic E-state index is -0.640. The molecule has 0 radical (unpaired) electrons. The van der Waals surface area contributed by atoms with Crippen LogP contribution in [-0.2, 0) is 0 Å². The number of nitrogen functional groups attached to an aromatic ring is 1. The topological polar surface area (TPSA) is 130 Å². The van der Waals surface area contributed by atoms with E-state index < -0.39 is 11.0 Å². The van der Waals surface area contributed by atoms with E-state index in [9.17, 15) is 15.2 Å². The SMILES string of the molecule is Cc1nc(NN)nc(N(C)CC(C)O)c1[N+](=O)[O-]. The zero-order chi connectivity index (χ0) is 13.9. The summed E-state index contributed by atoms with van der Waals surface area (Å²) in [5.74, 6) is 5.40. The molecule has 0 amide bonds. The normalized spacial score (nSPS) is 12.1. The summed E-state index contributed by atoms with van der Waals surface area (Å²) in [4.78, 5) is 19.8. The number of nitro groups is 1. The van der Waals surface area contributed by atoms with Gasteiger partial charge in [-0.3, -0.25) is 15.5 Å². The van der Waals surface area contributed by atoms with Gasteiger partial charge in [0.25, 0.3) is 0 Å². The Morgan fingerprint density at radius 2 is 2.22 bits per heavy atom. The van der Waals surface area contributed by atoms with E-state index in [0.29, 0.717) is 0 Å². The van der Waals surface area contributed by atoms with Crippen LogP contribution < -0.4 is 16.2 Å². The molecule has 18 heavy (non-hydrogen) atoms. The number of aliphatic hydroxyl groups excluding tert-OH is 1. The molecule has 9 heteroatoms. The van der Waals surface area contributed by atoms with Gasteiger partial charge in [-0.05, 0) is 13.8 Å². The molecule has 1 unspecified atom stereocenters. The van der Waals surface area contributed by atoms with Crippen LogP contribution in [0.4, 0.5) is 17.5 Å². The molecule has 0 bridgehead atoms. The molecule has 0 saturated carbocycles. The summed E-state index contributed by atoms with van der Waals surface area (Å²) in [6, 6.07) is 0. The Bertz CT molecular complexity index is 450. The number of anilines is 2. The lowest BCUT2D eigenvalue weighted by atomic mass is 10.3. The predicted octanol–water partition coefficient (Wildman–Crippen LogP) is -0.204. The molecule has 0 spiro atoms. The molecule has 9 nitrogen and oxygen atoms in total. The molecule has 0 aliphatic rings. The van der Waals surface area contributed by atoms with Gasteiger partial charge in [-0.1, -0.05) is 0 Å². The number of aromatic nitrogens is 2. The molecule has 1 heterocycles. The van der Waals surface area contributed by atoms with Crippen molar-refractivity contribution in [3.63, 3.8) is 0 Å². The average molecular weight is 256 g/mol. The van der Waals surface area contributed by atoms with Crippen molar-refractivity contribution in [1.82, 2.24) is 9.97 Å². The number of aryl methyl sites for hydroxylation is 1. The van der Waals surface area contributed by atoms with E-state index in [1.807, 2.05) is 0 Å². The molecule has 1 rings (SSSR count). The summed E-state index contributed by atoms with van der Waals surface area (Å²) in [5, 5.41) is 20.3. The van der Waals surface area contributed by atoms with E-state index in [4.69, 9.17) is 5.84 Å². The quantitative estimate of drug-likeness (QED) is 0.375. The number of aliphatic hydroxyl groups is 1. The van der Waals surface area contributed by atoms with Crippen LogP contribution in [0.15, 0.2) is 0 Å². The zero-order valence-corrected chi connectivity index (χ0v) is 10.4. The maximum Gasteiger partial charge on any atom is 0.332 e. The Labute approximate surface area is 104 Å². The van der Waals surface area contributed by atoms with Crippen LogP contribution in [0, 0.1) is 17.0 Å². The highest BCUT2D eigenvalue weighted by Gasteiger charge is 2.25. The third-order valence-electron chi connectivity index (χ3n) is 2.25. The number of hydrogen-bond donors (Lipinski definition) is 3. The van der Waals surface area contributed by atoms with Gasteiger partial charge in [0.1, 0.15) is 5.69 Å². The number of hydrogen-bond acceptors (Lipinski definition) is 8. The Morgan fingerprint density at radius 3 is 2.67 bits per heavy atom. The van der Waals surface area contributed by atoms with Gasteiger partial charge in [0.05, 0.1) is 11.0 Å². The Kier molecular flexibility index (Phi) is 4.34. The summed E-state index contributed by atoms with van der Waals surface area (Å²) >= 11 is 0. The van der Waals surface area contributed by atoms with Crippen molar-refractivity contribution < 1.29 is 10.0 Å². The van der Waals surface area contributed by atoms with Crippen molar-refractivity contribution in [3.8, 4) is 0 Å². The van der Waals surface area contributed by atoms with Crippen molar-refractivity contribution in [2.45, 2.75) is 20.0 Å². The number of rotatable bonds is 5. The first kappa shape index (κ1) is 14.1. The van der Waals surface area contributed by atoms with Gasteiger partial charge < -0.3 is 10.0 Å². The molecule has 1 atom stereocenters. The van der Waals surface area contributed by atoms with Gasteiger partial charge in [0.2, 0.25) is 11.8 Å². The van der Waals surface area contributed by atoms with Crippen molar-refractivity contribution >= 4 is 17.5 Å². The molecule has 0 saturated heterocycles. The molecule has 0 aliphatic heterocycles. The fourth-order valence-electron chi connectivity index (χ4n) is 1.58.